The Bertz CT molecular complexity index is 1310. The number of methoxy groups -OCH3 is 2. The van der Waals surface area contributed by atoms with Crippen LogP contribution in [-0.2, 0) is 6.42 Å². The largest absolute Gasteiger partial charge is 0.507 e. The molecule has 2 aromatic rings. The lowest BCUT2D eigenvalue weighted by Gasteiger charge is -2.57. The summed E-state index contributed by atoms with van der Waals surface area (Å²) in [6.45, 7) is 3.66. The summed E-state index contributed by atoms with van der Waals surface area (Å²) in [5.41, 5.74) is 10.8. The van der Waals surface area contributed by atoms with Gasteiger partial charge in [0.05, 0.1) is 32.4 Å². The molecule has 2 bridgehead atoms. The van der Waals surface area contributed by atoms with E-state index < -0.39 is 18.1 Å². The molecule has 9 heteroatoms. The zero-order chi connectivity index (χ0) is 25.3. The predicted octanol–water partition coefficient (Wildman–Crippen LogP) is 2.60. The number of nitrogens with two attached hydrogens (primary N) is 1. The summed E-state index contributed by atoms with van der Waals surface area (Å²) in [6, 6.07) is 2.74. The molecule has 0 saturated carbocycles. The fourth-order valence-electron chi connectivity index (χ4n) is 6.33. The van der Waals surface area contributed by atoms with E-state index in [1.807, 2.05) is 24.9 Å². The first kappa shape index (κ1) is 23.1. The van der Waals surface area contributed by atoms with Gasteiger partial charge in [0.2, 0.25) is 0 Å². The Morgan fingerprint density at radius 1 is 1.09 bits per heavy atom. The molecule has 3 heterocycles. The Morgan fingerprint density at radius 2 is 1.74 bits per heavy atom. The summed E-state index contributed by atoms with van der Waals surface area (Å²) in [7, 11) is 4.90. The van der Waals surface area contributed by atoms with Crippen molar-refractivity contribution in [3.63, 3.8) is 0 Å². The second-order valence-corrected chi connectivity index (χ2v) is 9.47. The number of benzene rings is 2. The predicted molar refractivity (Wildman–Crippen MR) is 129 cm³/mol. The quantitative estimate of drug-likeness (QED) is 0.491. The van der Waals surface area contributed by atoms with Crippen molar-refractivity contribution < 1.29 is 24.8 Å². The normalized spacial score (nSPS) is 24.6. The van der Waals surface area contributed by atoms with Gasteiger partial charge in [0.15, 0.2) is 23.0 Å². The maximum atomic E-state index is 11.3. The van der Waals surface area contributed by atoms with Crippen molar-refractivity contribution >= 4 is 6.08 Å². The minimum Gasteiger partial charge on any atom is -0.507 e. The molecule has 1 saturated heterocycles. The maximum absolute atomic E-state index is 11.3. The van der Waals surface area contributed by atoms with E-state index in [4.69, 9.17) is 15.2 Å². The third-order valence-corrected chi connectivity index (χ3v) is 7.88. The van der Waals surface area contributed by atoms with Crippen molar-refractivity contribution in [3.8, 4) is 34.8 Å². The van der Waals surface area contributed by atoms with Crippen LogP contribution < -0.4 is 15.2 Å². The second-order valence-electron chi connectivity index (χ2n) is 9.47. The van der Waals surface area contributed by atoms with Crippen molar-refractivity contribution in [1.82, 2.24) is 9.80 Å². The molecule has 3 aliphatic rings. The van der Waals surface area contributed by atoms with Crippen LogP contribution in [0.1, 0.15) is 45.5 Å². The van der Waals surface area contributed by atoms with E-state index in [1.54, 1.807) is 13.0 Å². The van der Waals surface area contributed by atoms with Crippen molar-refractivity contribution in [2.45, 2.75) is 44.4 Å². The number of nitriles is 1. The summed E-state index contributed by atoms with van der Waals surface area (Å²) < 4.78 is 10.9. The van der Waals surface area contributed by atoms with Crippen molar-refractivity contribution in [1.29, 1.82) is 5.26 Å². The Morgan fingerprint density at radius 3 is 2.34 bits per heavy atom. The van der Waals surface area contributed by atoms with Crippen LogP contribution in [0.2, 0.25) is 0 Å². The van der Waals surface area contributed by atoms with Crippen LogP contribution in [0.15, 0.2) is 11.8 Å². The van der Waals surface area contributed by atoms with Crippen molar-refractivity contribution in [3.05, 3.63) is 45.1 Å². The number of rotatable bonds is 3. The Kier molecular flexibility index (Phi) is 5.27. The van der Waals surface area contributed by atoms with Crippen LogP contribution in [0, 0.1) is 25.2 Å². The van der Waals surface area contributed by atoms with Crippen LogP contribution in [0.25, 0.3) is 6.08 Å². The van der Waals surface area contributed by atoms with Crippen LogP contribution in [0.5, 0.6) is 28.7 Å². The highest BCUT2D eigenvalue weighted by Crippen LogP contribution is 2.57. The first-order valence-electron chi connectivity index (χ1n) is 11.5. The van der Waals surface area contributed by atoms with Gasteiger partial charge in [0.25, 0.3) is 0 Å². The Hall–Kier alpha value is -3.61. The van der Waals surface area contributed by atoms with Gasteiger partial charge in [0, 0.05) is 40.5 Å². The highest BCUT2D eigenvalue weighted by Gasteiger charge is 2.52. The van der Waals surface area contributed by atoms with Crippen LogP contribution in [0.4, 0.5) is 0 Å². The molecular formula is C26H30N4O5. The molecule has 0 radical (unpaired) electrons. The Labute approximate surface area is 204 Å². The third kappa shape index (κ3) is 2.87. The first-order valence-corrected chi connectivity index (χ1v) is 11.5. The lowest BCUT2D eigenvalue weighted by Crippen LogP contribution is -2.62. The zero-order valence-corrected chi connectivity index (χ0v) is 20.5. The maximum Gasteiger partial charge on any atom is 0.167 e. The van der Waals surface area contributed by atoms with Crippen LogP contribution >= 0.6 is 0 Å². The minimum absolute atomic E-state index is 0.0136. The number of piperazine rings is 1. The number of fused-ring (bicyclic) bond motifs is 7. The monoisotopic (exact) mass is 478 g/mol. The van der Waals surface area contributed by atoms with Gasteiger partial charge in [-0.3, -0.25) is 4.90 Å². The van der Waals surface area contributed by atoms with E-state index in [0.717, 1.165) is 16.8 Å². The standard InChI is InChI=1S/C26H30N4O5/c1-11-6-13-7-15-17(9-27)30-16(21(29(15)3)19(13)23(32)25(11)34-4)8-14-20(18(30)10-28)24(33)26(35-5)12(2)22(14)31/h6,8,15,17-18,21,31-33H,7,10,28H2,1-5H3/t15-,17-,18?,21+/m0/s1. The molecule has 5 rings (SSSR count). The van der Waals surface area contributed by atoms with E-state index in [9.17, 15) is 20.6 Å². The summed E-state index contributed by atoms with van der Waals surface area (Å²) in [4.78, 5) is 4.04. The van der Waals surface area contributed by atoms with Gasteiger partial charge in [-0.05, 0) is 44.5 Å². The number of aromatic hydroxyl groups is 3. The average molecular weight is 479 g/mol. The molecule has 0 amide bonds. The summed E-state index contributed by atoms with van der Waals surface area (Å²) >= 11 is 0. The lowest BCUT2D eigenvalue weighted by molar-refractivity contribution is 0.0209. The molecule has 35 heavy (non-hydrogen) atoms. The van der Waals surface area contributed by atoms with Crippen LogP contribution in [0.3, 0.4) is 0 Å². The lowest BCUT2D eigenvalue weighted by atomic mass is 9.75. The fraction of sp³-hybridized carbons (Fsp3) is 0.423. The Balaban J connectivity index is 1.85. The number of phenolic OH excluding ortho intramolecular Hbond substituents is 3. The van der Waals surface area contributed by atoms with Gasteiger partial charge in [-0.1, -0.05) is 6.07 Å². The van der Waals surface area contributed by atoms with E-state index in [-0.39, 0.29) is 35.6 Å². The number of phenols is 3. The van der Waals surface area contributed by atoms with Gasteiger partial charge in [-0.15, -0.1) is 0 Å². The molecule has 0 aliphatic carbocycles. The van der Waals surface area contributed by atoms with E-state index in [1.165, 1.54) is 14.2 Å². The van der Waals surface area contributed by atoms with Gasteiger partial charge in [0.1, 0.15) is 11.8 Å². The van der Waals surface area contributed by atoms with E-state index in [0.29, 0.717) is 34.4 Å². The highest BCUT2D eigenvalue weighted by molar-refractivity contribution is 5.76. The molecule has 1 fully saturated rings. The average Bonchev–Trinajstić information content (AvgIpc) is 2.83. The van der Waals surface area contributed by atoms with Gasteiger partial charge in [-0.2, -0.15) is 5.26 Å². The smallest absolute Gasteiger partial charge is 0.167 e. The molecule has 9 nitrogen and oxygen atoms in total. The SMILES string of the molecule is COc1c(C)cc2c(c1O)[C@H]1C3=Cc4c(O)c(C)c(OC)c(O)c4C(CN)N3[C@@H](C#N)[C@H](C2)N1C. The third-order valence-electron chi connectivity index (χ3n) is 7.88. The number of hydrogen-bond acceptors (Lipinski definition) is 9. The molecule has 184 valence electrons. The number of ether oxygens (including phenoxy) is 2. The molecule has 4 atom stereocenters. The molecule has 3 aliphatic heterocycles. The van der Waals surface area contributed by atoms with Crippen molar-refractivity contribution in [2.75, 3.05) is 27.8 Å². The topological polar surface area (TPSA) is 135 Å². The summed E-state index contributed by atoms with van der Waals surface area (Å²) in [5.74, 6) is 0.563. The first-order chi connectivity index (χ1) is 16.7. The second kappa shape index (κ2) is 7.97. The fourth-order valence-corrected chi connectivity index (χ4v) is 6.33. The molecule has 2 aromatic carbocycles. The van der Waals surface area contributed by atoms with Gasteiger partial charge in [-0.25, -0.2) is 0 Å². The molecule has 1 unspecified atom stereocenters. The van der Waals surface area contributed by atoms with E-state index >= 15 is 0 Å². The number of likely N-dealkylation sites (N-methyl/N-ethyl adjacent to an activating group) is 1. The summed E-state index contributed by atoms with van der Waals surface area (Å²) in [5, 5.41) is 43.9. The van der Waals surface area contributed by atoms with Gasteiger partial charge >= 0.3 is 0 Å². The van der Waals surface area contributed by atoms with Gasteiger partial charge < -0.3 is 35.4 Å². The molecule has 0 spiro atoms. The number of nitrogens with zero attached hydrogens (tertiary/aromatic N) is 3. The van der Waals surface area contributed by atoms with Crippen molar-refractivity contribution in [2.24, 2.45) is 5.73 Å². The minimum atomic E-state index is -0.579. The molecule has 0 aromatic heterocycles. The summed E-state index contributed by atoms with van der Waals surface area (Å²) in [6.07, 6.45) is 2.35. The zero-order valence-electron chi connectivity index (χ0n) is 20.5. The highest BCUT2D eigenvalue weighted by atomic mass is 16.5. The van der Waals surface area contributed by atoms with E-state index in [2.05, 4.69) is 11.0 Å². The molecular weight excluding hydrogens is 448 g/mol. The van der Waals surface area contributed by atoms with Crippen LogP contribution in [-0.4, -0.2) is 65.0 Å². The number of aryl methyl sites for hydroxylation is 1. The number of hydrogen-bond donors (Lipinski definition) is 4. The molecule has 5 N–H and O–H groups in total.